The minimum absolute atomic E-state index is 0.131. The van der Waals surface area contributed by atoms with Gasteiger partial charge in [0, 0.05) is 0 Å². The number of ether oxygens (including phenoxy) is 2. The van der Waals surface area contributed by atoms with Crippen LogP contribution < -0.4 is 0 Å². The first-order valence-corrected chi connectivity index (χ1v) is 17.6. The molecule has 1 aliphatic rings. The lowest BCUT2D eigenvalue weighted by Gasteiger charge is -2.39. The summed E-state index contributed by atoms with van der Waals surface area (Å²) in [6.45, 7) is 1.56. The molecule has 8 heteroatoms. The normalized spacial score (nSPS) is 24.2. The average Bonchev–Trinajstić information content (AvgIpc) is 2.97. The van der Waals surface area contributed by atoms with Gasteiger partial charge >= 0.3 is 0 Å². The molecule has 7 atom stereocenters. The van der Waals surface area contributed by atoms with E-state index in [2.05, 4.69) is 0 Å². The highest BCUT2D eigenvalue weighted by molar-refractivity contribution is 4.88. The maximum absolute atomic E-state index is 10.2. The first-order valence-electron chi connectivity index (χ1n) is 17.6. The lowest BCUT2D eigenvalue weighted by atomic mass is 9.99. The Morgan fingerprint density at radius 3 is 1.29 bits per heavy atom. The van der Waals surface area contributed by atoms with Crippen LogP contribution in [0.15, 0.2) is 0 Å². The smallest absolute Gasteiger partial charge is 0.186 e. The van der Waals surface area contributed by atoms with E-state index in [4.69, 9.17) is 9.47 Å². The second-order valence-electron chi connectivity index (χ2n) is 12.9. The number of aliphatic hydroxyl groups is 6. The standard InChI is InChI=1S/C34H68O8/c1-28(36)23-21-19-17-15-13-11-9-7-5-3-2-4-6-8-10-12-14-16-18-20-22-24-29(37)25-26-41-34-33(40)32(39)31(38)30(27-35)42-34/h28-40H,2-27H2,1H3/t28-,29+,30?,31-,32?,33+,34+/m1/s1. The molecule has 0 saturated carbocycles. The highest BCUT2D eigenvalue weighted by atomic mass is 16.7. The van der Waals surface area contributed by atoms with Crippen molar-refractivity contribution in [3.8, 4) is 0 Å². The Hall–Kier alpha value is -0.320. The largest absolute Gasteiger partial charge is 0.394 e. The van der Waals surface area contributed by atoms with Gasteiger partial charge in [-0.25, -0.2) is 0 Å². The molecule has 0 aromatic rings. The van der Waals surface area contributed by atoms with Crippen molar-refractivity contribution in [2.75, 3.05) is 13.2 Å². The molecule has 0 bridgehead atoms. The Kier molecular flexibility index (Phi) is 25.6. The quantitative estimate of drug-likeness (QED) is 0.0580. The van der Waals surface area contributed by atoms with Crippen LogP contribution in [0.4, 0.5) is 0 Å². The highest BCUT2D eigenvalue weighted by Gasteiger charge is 2.43. The molecule has 8 nitrogen and oxygen atoms in total. The molecule has 0 aromatic heterocycles. The van der Waals surface area contributed by atoms with Crippen molar-refractivity contribution in [3.63, 3.8) is 0 Å². The van der Waals surface area contributed by atoms with E-state index in [0.717, 1.165) is 19.3 Å². The molecule has 1 saturated heterocycles. The van der Waals surface area contributed by atoms with Gasteiger partial charge in [0.1, 0.15) is 24.4 Å². The maximum Gasteiger partial charge on any atom is 0.186 e. The third-order valence-electron chi connectivity index (χ3n) is 8.74. The summed E-state index contributed by atoms with van der Waals surface area (Å²) in [4.78, 5) is 0. The van der Waals surface area contributed by atoms with E-state index in [0.29, 0.717) is 12.8 Å². The van der Waals surface area contributed by atoms with Crippen LogP contribution in [-0.4, -0.2) is 86.8 Å². The molecule has 252 valence electrons. The molecule has 0 aliphatic carbocycles. The molecule has 6 N–H and O–H groups in total. The van der Waals surface area contributed by atoms with Crippen molar-refractivity contribution in [2.24, 2.45) is 0 Å². The van der Waals surface area contributed by atoms with Crippen LogP contribution in [0.2, 0.25) is 0 Å². The molecule has 0 radical (unpaired) electrons. The summed E-state index contributed by atoms with van der Waals surface area (Å²) in [6, 6.07) is 0. The fourth-order valence-corrected chi connectivity index (χ4v) is 5.85. The van der Waals surface area contributed by atoms with Gasteiger partial charge < -0.3 is 40.1 Å². The van der Waals surface area contributed by atoms with Crippen LogP contribution in [0.5, 0.6) is 0 Å². The lowest BCUT2D eigenvalue weighted by molar-refractivity contribution is -0.301. The van der Waals surface area contributed by atoms with E-state index in [1.165, 1.54) is 122 Å². The van der Waals surface area contributed by atoms with Gasteiger partial charge in [0.25, 0.3) is 0 Å². The van der Waals surface area contributed by atoms with Gasteiger partial charge in [-0.15, -0.1) is 0 Å². The number of hydrogen-bond acceptors (Lipinski definition) is 8. The summed E-state index contributed by atoms with van der Waals surface area (Å²) in [5.74, 6) is 0. The van der Waals surface area contributed by atoms with Crippen molar-refractivity contribution in [3.05, 3.63) is 0 Å². The Labute approximate surface area is 257 Å². The summed E-state index contributed by atoms with van der Waals surface area (Å²) in [5.41, 5.74) is 0. The monoisotopic (exact) mass is 604 g/mol. The van der Waals surface area contributed by atoms with Crippen LogP contribution in [0.3, 0.4) is 0 Å². The zero-order valence-electron chi connectivity index (χ0n) is 26.9. The van der Waals surface area contributed by atoms with Crippen LogP contribution in [0.25, 0.3) is 0 Å². The van der Waals surface area contributed by atoms with Gasteiger partial charge in [-0.05, 0) is 26.2 Å². The summed E-state index contributed by atoms with van der Waals surface area (Å²) >= 11 is 0. The van der Waals surface area contributed by atoms with Gasteiger partial charge in [-0.3, -0.25) is 0 Å². The minimum atomic E-state index is -1.44. The summed E-state index contributed by atoms with van der Waals surface area (Å²) < 4.78 is 10.8. The van der Waals surface area contributed by atoms with Crippen LogP contribution in [0.1, 0.15) is 161 Å². The average molecular weight is 605 g/mol. The number of rotatable bonds is 29. The maximum atomic E-state index is 10.2. The molecule has 1 fully saturated rings. The second kappa shape index (κ2) is 27.0. The van der Waals surface area contributed by atoms with E-state index < -0.39 is 43.4 Å². The van der Waals surface area contributed by atoms with Crippen molar-refractivity contribution in [2.45, 2.75) is 204 Å². The lowest BCUT2D eigenvalue weighted by Crippen LogP contribution is -2.59. The van der Waals surface area contributed by atoms with Crippen molar-refractivity contribution in [1.82, 2.24) is 0 Å². The first-order chi connectivity index (χ1) is 20.4. The van der Waals surface area contributed by atoms with Gasteiger partial charge in [-0.1, -0.05) is 135 Å². The summed E-state index contributed by atoms with van der Waals surface area (Å²) in [7, 11) is 0. The van der Waals surface area contributed by atoms with Crippen LogP contribution in [-0.2, 0) is 9.47 Å². The molecular formula is C34H68O8. The third kappa shape index (κ3) is 20.6. The highest BCUT2D eigenvalue weighted by Crippen LogP contribution is 2.22. The third-order valence-corrected chi connectivity index (χ3v) is 8.74. The second-order valence-corrected chi connectivity index (χ2v) is 12.9. The molecule has 2 unspecified atom stereocenters. The van der Waals surface area contributed by atoms with Crippen molar-refractivity contribution in [1.29, 1.82) is 0 Å². The molecule has 0 amide bonds. The van der Waals surface area contributed by atoms with E-state index in [1.807, 2.05) is 6.92 Å². The molecule has 42 heavy (non-hydrogen) atoms. The fourth-order valence-electron chi connectivity index (χ4n) is 5.85. The van der Waals surface area contributed by atoms with Gasteiger partial charge in [0.05, 0.1) is 25.4 Å². The van der Waals surface area contributed by atoms with Gasteiger partial charge in [0.15, 0.2) is 6.29 Å². The zero-order chi connectivity index (χ0) is 30.8. The molecule has 1 heterocycles. The first kappa shape index (κ1) is 39.7. The fraction of sp³-hybridized carbons (Fsp3) is 1.00. The number of aliphatic hydroxyl groups excluding tert-OH is 6. The minimum Gasteiger partial charge on any atom is -0.394 e. The Balaban J connectivity index is 1.78. The number of unbranched alkanes of at least 4 members (excludes halogenated alkanes) is 20. The summed E-state index contributed by atoms with van der Waals surface area (Å²) in [5, 5.41) is 58.3. The SMILES string of the molecule is C[C@@H](O)CCCCCCCCCCCCCCCCCCCCCCC[C@H](O)CCO[C@H]1OC(CO)[C@@H](O)C(O)[C@@H]1O. The Morgan fingerprint density at radius 1 is 0.524 bits per heavy atom. The van der Waals surface area contributed by atoms with Gasteiger partial charge in [0.2, 0.25) is 0 Å². The van der Waals surface area contributed by atoms with Crippen LogP contribution >= 0.6 is 0 Å². The van der Waals surface area contributed by atoms with E-state index >= 15 is 0 Å². The predicted octanol–water partition coefficient (Wildman–Crippen LogP) is 5.91. The molecular weight excluding hydrogens is 536 g/mol. The Bertz CT molecular complexity index is 576. The van der Waals surface area contributed by atoms with Crippen molar-refractivity contribution >= 4 is 0 Å². The molecule has 1 aliphatic heterocycles. The predicted molar refractivity (Wildman–Crippen MR) is 168 cm³/mol. The van der Waals surface area contributed by atoms with Crippen LogP contribution in [0, 0.1) is 0 Å². The Morgan fingerprint density at radius 2 is 0.905 bits per heavy atom. The molecule has 0 spiro atoms. The molecule has 1 rings (SSSR count). The number of hydrogen-bond donors (Lipinski definition) is 6. The zero-order valence-corrected chi connectivity index (χ0v) is 26.9. The molecule has 0 aromatic carbocycles. The van der Waals surface area contributed by atoms with E-state index in [9.17, 15) is 30.6 Å². The summed E-state index contributed by atoms with van der Waals surface area (Å²) in [6.07, 6.45) is 22.7. The van der Waals surface area contributed by atoms with E-state index in [-0.39, 0.29) is 12.7 Å². The van der Waals surface area contributed by atoms with Crippen molar-refractivity contribution < 1.29 is 40.1 Å². The topological polar surface area (TPSA) is 140 Å². The van der Waals surface area contributed by atoms with Gasteiger partial charge in [-0.2, -0.15) is 0 Å². The van der Waals surface area contributed by atoms with E-state index in [1.54, 1.807) is 0 Å².